The Hall–Kier alpha value is -1.01. The van der Waals surface area contributed by atoms with Crippen LogP contribution in [0.2, 0.25) is 0 Å². The van der Waals surface area contributed by atoms with Gasteiger partial charge in [-0.1, -0.05) is 33.1 Å². The monoisotopic (exact) mass is 334 g/mol. The Labute approximate surface area is 131 Å². The summed E-state index contributed by atoms with van der Waals surface area (Å²) in [4.78, 5) is 12.1. The minimum absolute atomic E-state index is 0.0336. The third kappa shape index (κ3) is 5.71. The van der Waals surface area contributed by atoms with Crippen LogP contribution >= 0.6 is 10.7 Å². The van der Waals surface area contributed by atoms with Crippen LogP contribution in [0.15, 0.2) is 17.2 Å². The van der Waals surface area contributed by atoms with Crippen molar-refractivity contribution in [2.45, 2.75) is 57.4 Å². The molecule has 1 rings (SSSR count). The molecule has 1 heterocycles. The summed E-state index contributed by atoms with van der Waals surface area (Å²) in [7, 11) is 1.52. The molecule has 1 N–H and O–H groups in total. The molecule has 0 saturated carbocycles. The van der Waals surface area contributed by atoms with E-state index in [1.165, 1.54) is 12.3 Å². The molecule has 0 radical (unpaired) electrons. The minimum Gasteiger partial charge on any atom is -0.351 e. The van der Waals surface area contributed by atoms with Gasteiger partial charge in [0, 0.05) is 30.0 Å². The van der Waals surface area contributed by atoms with Crippen molar-refractivity contribution in [3.8, 4) is 0 Å². The van der Waals surface area contributed by atoms with Crippen molar-refractivity contribution in [3.05, 3.63) is 18.0 Å². The van der Waals surface area contributed by atoms with E-state index >= 15 is 0 Å². The second-order valence-electron chi connectivity index (χ2n) is 5.01. The highest BCUT2D eigenvalue weighted by Crippen LogP contribution is 2.19. The first-order chi connectivity index (χ1) is 9.90. The van der Waals surface area contributed by atoms with Crippen molar-refractivity contribution < 1.29 is 13.2 Å². The quantitative estimate of drug-likeness (QED) is 0.557. The summed E-state index contributed by atoms with van der Waals surface area (Å²) in [6, 6.07) is 1.33. The number of nitrogens with zero attached hydrogens (tertiary/aromatic N) is 1. The van der Waals surface area contributed by atoms with Gasteiger partial charge in [-0.3, -0.25) is 4.79 Å². The molecule has 0 bridgehead atoms. The number of carbonyl (C=O) groups excluding carboxylic acids is 1. The number of aromatic nitrogens is 1. The average Bonchev–Trinajstić information content (AvgIpc) is 2.83. The average molecular weight is 335 g/mol. The minimum atomic E-state index is -3.82. The molecule has 0 aromatic carbocycles. The second-order valence-corrected chi connectivity index (χ2v) is 7.57. The summed E-state index contributed by atoms with van der Waals surface area (Å²) >= 11 is 0. The zero-order valence-corrected chi connectivity index (χ0v) is 14.1. The molecule has 0 atom stereocenters. The van der Waals surface area contributed by atoms with Gasteiger partial charge in [-0.15, -0.1) is 0 Å². The second kappa shape index (κ2) is 8.44. The van der Waals surface area contributed by atoms with Crippen LogP contribution in [0.25, 0.3) is 0 Å². The van der Waals surface area contributed by atoms with Gasteiger partial charge in [-0.05, 0) is 18.9 Å². The maximum absolute atomic E-state index is 12.1. The third-order valence-electron chi connectivity index (χ3n) is 3.17. The first-order valence-corrected chi connectivity index (χ1v) is 9.64. The molecule has 120 valence electrons. The zero-order valence-electron chi connectivity index (χ0n) is 12.6. The van der Waals surface area contributed by atoms with E-state index in [2.05, 4.69) is 12.2 Å². The fourth-order valence-electron chi connectivity index (χ4n) is 2.08. The van der Waals surface area contributed by atoms with Crippen molar-refractivity contribution in [1.29, 1.82) is 0 Å². The number of unbranched alkanes of at least 4 members (excludes halogenated alkanes) is 3. The van der Waals surface area contributed by atoms with Gasteiger partial charge in [0.05, 0.1) is 0 Å². The van der Waals surface area contributed by atoms with Crippen LogP contribution in [0, 0.1) is 0 Å². The molecule has 21 heavy (non-hydrogen) atoms. The van der Waals surface area contributed by atoms with Crippen LogP contribution in [0.1, 0.15) is 56.4 Å². The first-order valence-electron chi connectivity index (χ1n) is 7.33. The van der Waals surface area contributed by atoms with E-state index in [9.17, 15) is 13.2 Å². The van der Waals surface area contributed by atoms with Gasteiger partial charge in [0.25, 0.3) is 15.0 Å². The Morgan fingerprint density at radius 2 is 1.95 bits per heavy atom. The van der Waals surface area contributed by atoms with Crippen molar-refractivity contribution in [3.63, 3.8) is 0 Å². The molecule has 0 spiro atoms. The largest absolute Gasteiger partial charge is 0.351 e. The highest BCUT2D eigenvalue weighted by atomic mass is 35.7. The van der Waals surface area contributed by atoms with Gasteiger partial charge in [0.15, 0.2) is 0 Å². The third-order valence-corrected chi connectivity index (χ3v) is 4.49. The number of halogens is 1. The van der Waals surface area contributed by atoms with Gasteiger partial charge >= 0.3 is 0 Å². The van der Waals surface area contributed by atoms with Gasteiger partial charge in [0.2, 0.25) is 0 Å². The van der Waals surface area contributed by atoms with Crippen LogP contribution in [0.3, 0.4) is 0 Å². The molecule has 1 amide bonds. The highest BCUT2D eigenvalue weighted by molar-refractivity contribution is 8.13. The van der Waals surface area contributed by atoms with E-state index < -0.39 is 9.05 Å². The van der Waals surface area contributed by atoms with Crippen LogP contribution in [-0.4, -0.2) is 25.4 Å². The lowest BCUT2D eigenvalue weighted by Crippen LogP contribution is -2.26. The Morgan fingerprint density at radius 3 is 2.52 bits per heavy atom. The topological polar surface area (TPSA) is 68.2 Å². The number of aryl methyl sites for hydroxylation is 1. The summed E-state index contributed by atoms with van der Waals surface area (Å²) in [6.07, 6.45) is 6.51. The van der Waals surface area contributed by atoms with Gasteiger partial charge in [-0.25, -0.2) is 8.42 Å². The van der Waals surface area contributed by atoms with E-state index in [0.29, 0.717) is 18.8 Å². The standard InChI is InChI=1S/C14H23ClN2O3S/c1-3-5-6-7-8-16-14(18)13-10-12(21(15,19)20)11-17(13)9-4-2/h10-11H,3-9H2,1-2H3,(H,16,18). The maximum atomic E-state index is 12.1. The normalized spacial score (nSPS) is 11.6. The summed E-state index contributed by atoms with van der Waals surface area (Å²) in [6.45, 7) is 5.26. The van der Waals surface area contributed by atoms with Crippen molar-refractivity contribution in [2.24, 2.45) is 0 Å². The number of nitrogens with one attached hydrogen (secondary N) is 1. The molecule has 1 aromatic rings. The highest BCUT2D eigenvalue weighted by Gasteiger charge is 2.19. The lowest BCUT2D eigenvalue weighted by atomic mass is 10.2. The van der Waals surface area contributed by atoms with Crippen molar-refractivity contribution in [1.82, 2.24) is 9.88 Å². The predicted octanol–water partition coefficient (Wildman–Crippen LogP) is 3.14. The molecule has 0 aliphatic rings. The van der Waals surface area contributed by atoms with E-state index in [-0.39, 0.29) is 10.8 Å². The van der Waals surface area contributed by atoms with Crippen LogP contribution < -0.4 is 5.32 Å². The zero-order chi connectivity index (χ0) is 15.9. The number of hydrogen-bond acceptors (Lipinski definition) is 3. The summed E-state index contributed by atoms with van der Waals surface area (Å²) in [5.74, 6) is -0.258. The fraction of sp³-hybridized carbons (Fsp3) is 0.643. The lowest BCUT2D eigenvalue weighted by Gasteiger charge is -2.08. The van der Waals surface area contributed by atoms with Gasteiger partial charge in [0.1, 0.15) is 10.6 Å². The van der Waals surface area contributed by atoms with Crippen LogP contribution in [0.4, 0.5) is 0 Å². The van der Waals surface area contributed by atoms with E-state index in [1.807, 2.05) is 6.92 Å². The number of amides is 1. The summed E-state index contributed by atoms with van der Waals surface area (Å²) in [5.41, 5.74) is 0.339. The maximum Gasteiger partial charge on any atom is 0.267 e. The Bertz CT molecular complexity index is 567. The van der Waals surface area contributed by atoms with Gasteiger partial charge in [-0.2, -0.15) is 0 Å². The molecular weight excluding hydrogens is 312 g/mol. The number of rotatable bonds is 9. The number of carbonyl (C=O) groups is 1. The van der Waals surface area contributed by atoms with Crippen molar-refractivity contribution >= 4 is 25.6 Å². The van der Waals surface area contributed by atoms with Crippen LogP contribution in [0.5, 0.6) is 0 Å². The lowest BCUT2D eigenvalue weighted by molar-refractivity contribution is 0.0943. The SMILES string of the molecule is CCCCCCNC(=O)c1cc(S(=O)(=O)Cl)cn1CCC. The Morgan fingerprint density at radius 1 is 1.24 bits per heavy atom. The Balaban J connectivity index is 2.75. The van der Waals surface area contributed by atoms with E-state index in [4.69, 9.17) is 10.7 Å². The van der Waals surface area contributed by atoms with Crippen molar-refractivity contribution in [2.75, 3.05) is 6.54 Å². The molecule has 0 aliphatic heterocycles. The van der Waals surface area contributed by atoms with Crippen LogP contribution in [-0.2, 0) is 15.6 Å². The first kappa shape index (κ1) is 18.0. The molecule has 0 saturated heterocycles. The molecule has 0 aliphatic carbocycles. The summed E-state index contributed by atoms with van der Waals surface area (Å²) in [5, 5.41) is 2.82. The molecule has 0 unspecified atom stereocenters. The molecule has 0 fully saturated rings. The molecular formula is C14H23ClN2O3S. The molecule has 5 nitrogen and oxygen atoms in total. The Kier molecular flexibility index (Phi) is 7.25. The van der Waals surface area contributed by atoms with E-state index in [0.717, 1.165) is 32.1 Å². The molecule has 7 heteroatoms. The van der Waals surface area contributed by atoms with Gasteiger partial charge < -0.3 is 9.88 Å². The summed E-state index contributed by atoms with van der Waals surface area (Å²) < 4.78 is 24.4. The number of hydrogen-bond donors (Lipinski definition) is 1. The predicted molar refractivity (Wildman–Crippen MR) is 84.2 cm³/mol. The fourth-order valence-corrected chi connectivity index (χ4v) is 2.84. The smallest absolute Gasteiger partial charge is 0.267 e. The molecule has 1 aromatic heterocycles. The van der Waals surface area contributed by atoms with E-state index in [1.54, 1.807) is 4.57 Å².